The summed E-state index contributed by atoms with van der Waals surface area (Å²) in [4.78, 5) is 23.7. The SMILES string of the molecule is Cc1nc(SCC(=O)NC(C)C)c2c3c(sc2n1)CCCC3. The van der Waals surface area contributed by atoms with Crippen LogP contribution in [0, 0.1) is 6.92 Å². The molecule has 2 aromatic rings. The molecular weight excluding hydrogens is 314 g/mol. The van der Waals surface area contributed by atoms with Crippen molar-refractivity contribution in [3.8, 4) is 0 Å². The van der Waals surface area contributed by atoms with Gasteiger partial charge in [-0.15, -0.1) is 11.3 Å². The smallest absolute Gasteiger partial charge is 0.230 e. The normalized spacial score (nSPS) is 14.4. The van der Waals surface area contributed by atoms with E-state index in [1.54, 1.807) is 0 Å². The van der Waals surface area contributed by atoms with Crippen molar-refractivity contribution >= 4 is 39.2 Å². The lowest BCUT2D eigenvalue weighted by atomic mass is 9.97. The zero-order valence-electron chi connectivity index (χ0n) is 13.2. The molecule has 0 radical (unpaired) electrons. The molecule has 4 nitrogen and oxygen atoms in total. The Hall–Kier alpha value is -1.14. The summed E-state index contributed by atoms with van der Waals surface area (Å²) < 4.78 is 0. The first-order valence-corrected chi connectivity index (χ1v) is 9.56. The Morgan fingerprint density at radius 1 is 1.32 bits per heavy atom. The van der Waals surface area contributed by atoms with Gasteiger partial charge in [0.1, 0.15) is 15.7 Å². The molecule has 1 N–H and O–H groups in total. The number of aryl methyl sites for hydroxylation is 3. The first-order chi connectivity index (χ1) is 10.5. The molecule has 118 valence electrons. The van der Waals surface area contributed by atoms with Gasteiger partial charge in [0, 0.05) is 16.3 Å². The highest BCUT2D eigenvalue weighted by Gasteiger charge is 2.21. The van der Waals surface area contributed by atoms with Crippen LogP contribution >= 0.6 is 23.1 Å². The van der Waals surface area contributed by atoms with E-state index in [1.807, 2.05) is 32.1 Å². The van der Waals surface area contributed by atoms with E-state index in [-0.39, 0.29) is 11.9 Å². The summed E-state index contributed by atoms with van der Waals surface area (Å²) in [7, 11) is 0. The minimum Gasteiger partial charge on any atom is -0.353 e. The van der Waals surface area contributed by atoms with Crippen molar-refractivity contribution in [2.75, 3.05) is 5.75 Å². The molecule has 0 aromatic carbocycles. The molecule has 22 heavy (non-hydrogen) atoms. The number of nitrogens with zero attached hydrogens (tertiary/aromatic N) is 2. The van der Waals surface area contributed by atoms with Gasteiger partial charge in [0.05, 0.1) is 5.75 Å². The van der Waals surface area contributed by atoms with Crippen molar-refractivity contribution in [3.05, 3.63) is 16.3 Å². The van der Waals surface area contributed by atoms with Gasteiger partial charge in [-0.25, -0.2) is 9.97 Å². The molecule has 2 heterocycles. The molecule has 0 saturated heterocycles. The van der Waals surface area contributed by atoms with Gasteiger partial charge in [-0.1, -0.05) is 11.8 Å². The summed E-state index contributed by atoms with van der Waals surface area (Å²) >= 11 is 3.34. The zero-order chi connectivity index (χ0) is 15.7. The second-order valence-corrected chi connectivity index (χ2v) is 8.03. The van der Waals surface area contributed by atoms with Crippen LogP contribution in [0.25, 0.3) is 10.2 Å². The van der Waals surface area contributed by atoms with E-state index in [0.29, 0.717) is 5.75 Å². The third-order valence-electron chi connectivity index (χ3n) is 3.68. The van der Waals surface area contributed by atoms with E-state index in [9.17, 15) is 4.79 Å². The molecule has 0 bridgehead atoms. The summed E-state index contributed by atoms with van der Waals surface area (Å²) in [6.45, 7) is 5.88. The largest absolute Gasteiger partial charge is 0.353 e. The maximum absolute atomic E-state index is 11.9. The Morgan fingerprint density at radius 2 is 2.09 bits per heavy atom. The van der Waals surface area contributed by atoms with E-state index in [2.05, 4.69) is 15.3 Å². The fraction of sp³-hybridized carbons (Fsp3) is 0.562. The van der Waals surface area contributed by atoms with Crippen molar-refractivity contribution in [3.63, 3.8) is 0 Å². The van der Waals surface area contributed by atoms with Gasteiger partial charge >= 0.3 is 0 Å². The molecule has 6 heteroatoms. The number of thiophene rings is 1. The third-order valence-corrected chi connectivity index (χ3v) is 5.84. The quantitative estimate of drug-likeness (QED) is 0.686. The van der Waals surface area contributed by atoms with Crippen molar-refractivity contribution in [1.29, 1.82) is 0 Å². The van der Waals surface area contributed by atoms with Crippen LogP contribution in [0.4, 0.5) is 0 Å². The molecule has 3 rings (SSSR count). The van der Waals surface area contributed by atoms with Crippen LogP contribution in [0.2, 0.25) is 0 Å². The van der Waals surface area contributed by atoms with Gasteiger partial charge in [-0.3, -0.25) is 4.79 Å². The first-order valence-electron chi connectivity index (χ1n) is 7.75. The molecule has 2 aromatic heterocycles. The molecule has 1 aliphatic carbocycles. The lowest BCUT2D eigenvalue weighted by Crippen LogP contribution is -2.31. The Bertz CT molecular complexity index is 709. The number of hydrogen-bond donors (Lipinski definition) is 1. The number of carbonyl (C=O) groups is 1. The molecule has 1 amide bonds. The molecule has 0 aliphatic heterocycles. The summed E-state index contributed by atoms with van der Waals surface area (Å²) in [6.07, 6.45) is 4.79. The third kappa shape index (κ3) is 3.27. The average Bonchev–Trinajstić information content (AvgIpc) is 2.81. The fourth-order valence-corrected chi connectivity index (χ4v) is 5.11. The van der Waals surface area contributed by atoms with Crippen LogP contribution < -0.4 is 5.32 Å². The highest BCUT2D eigenvalue weighted by atomic mass is 32.2. The maximum Gasteiger partial charge on any atom is 0.230 e. The summed E-state index contributed by atoms with van der Waals surface area (Å²) in [6, 6.07) is 0.175. The summed E-state index contributed by atoms with van der Waals surface area (Å²) in [5.41, 5.74) is 1.43. The highest BCUT2D eigenvalue weighted by Crippen LogP contribution is 2.39. The number of nitrogens with one attached hydrogen (secondary N) is 1. The summed E-state index contributed by atoms with van der Waals surface area (Å²) in [5, 5.41) is 5.11. The fourth-order valence-electron chi connectivity index (χ4n) is 2.83. The Labute approximate surface area is 139 Å². The number of carbonyl (C=O) groups excluding carboxylic acids is 1. The minimum atomic E-state index is 0.0634. The van der Waals surface area contributed by atoms with E-state index in [4.69, 9.17) is 0 Å². The van der Waals surface area contributed by atoms with E-state index >= 15 is 0 Å². The number of hydrogen-bond acceptors (Lipinski definition) is 5. The van der Waals surface area contributed by atoms with Gasteiger partial charge in [-0.05, 0) is 52.0 Å². The van der Waals surface area contributed by atoms with E-state index in [0.717, 1.165) is 28.5 Å². The average molecular weight is 335 g/mol. The van der Waals surface area contributed by atoms with E-state index in [1.165, 1.54) is 40.4 Å². The highest BCUT2D eigenvalue weighted by molar-refractivity contribution is 8.00. The molecule has 0 saturated carbocycles. The number of thioether (sulfide) groups is 1. The molecule has 0 spiro atoms. The second kappa shape index (κ2) is 6.54. The topological polar surface area (TPSA) is 54.9 Å². The molecular formula is C16H21N3OS2. The molecule has 0 unspecified atom stereocenters. The Kier molecular flexibility index (Phi) is 4.68. The lowest BCUT2D eigenvalue weighted by molar-refractivity contribution is -0.119. The molecule has 0 fully saturated rings. The standard InChI is InChI=1S/C16H21N3OS2/c1-9(2)17-13(20)8-21-15-14-11-6-4-5-7-12(11)22-16(14)19-10(3)18-15/h9H,4-8H2,1-3H3,(H,17,20). The van der Waals surface area contributed by atoms with Crippen LogP contribution in [0.1, 0.15) is 43.0 Å². The number of rotatable bonds is 4. The van der Waals surface area contributed by atoms with Crippen molar-refractivity contribution in [1.82, 2.24) is 15.3 Å². The van der Waals surface area contributed by atoms with Gasteiger partial charge in [-0.2, -0.15) is 0 Å². The van der Waals surface area contributed by atoms with Gasteiger partial charge in [0.25, 0.3) is 0 Å². The zero-order valence-corrected chi connectivity index (χ0v) is 14.9. The van der Waals surface area contributed by atoms with Crippen molar-refractivity contribution < 1.29 is 4.79 Å². The summed E-state index contributed by atoms with van der Waals surface area (Å²) in [5.74, 6) is 1.26. The monoisotopic (exact) mass is 335 g/mol. The maximum atomic E-state index is 11.9. The first kappa shape index (κ1) is 15.7. The van der Waals surface area contributed by atoms with Crippen LogP contribution in [-0.2, 0) is 17.6 Å². The lowest BCUT2D eigenvalue weighted by Gasteiger charge is -2.12. The predicted octanol–water partition coefficient (Wildman–Crippen LogP) is 3.50. The number of fused-ring (bicyclic) bond motifs is 3. The minimum absolute atomic E-state index is 0.0634. The van der Waals surface area contributed by atoms with Crippen LogP contribution in [-0.4, -0.2) is 27.7 Å². The molecule has 0 atom stereocenters. The Morgan fingerprint density at radius 3 is 2.86 bits per heavy atom. The molecule has 1 aliphatic rings. The predicted molar refractivity (Wildman–Crippen MR) is 92.8 cm³/mol. The van der Waals surface area contributed by atoms with Gasteiger partial charge in [0.15, 0.2) is 0 Å². The van der Waals surface area contributed by atoms with E-state index < -0.39 is 0 Å². The Balaban J connectivity index is 1.91. The van der Waals surface area contributed by atoms with Gasteiger partial charge < -0.3 is 5.32 Å². The van der Waals surface area contributed by atoms with Crippen molar-refractivity contribution in [2.24, 2.45) is 0 Å². The van der Waals surface area contributed by atoms with Crippen LogP contribution in [0.5, 0.6) is 0 Å². The number of amides is 1. The van der Waals surface area contributed by atoms with Crippen LogP contribution in [0.15, 0.2) is 5.03 Å². The van der Waals surface area contributed by atoms with Crippen molar-refractivity contribution in [2.45, 2.75) is 57.5 Å². The number of aromatic nitrogens is 2. The van der Waals surface area contributed by atoms with Crippen LogP contribution in [0.3, 0.4) is 0 Å². The second-order valence-electron chi connectivity index (χ2n) is 5.98. The van der Waals surface area contributed by atoms with Gasteiger partial charge in [0.2, 0.25) is 5.91 Å².